The maximum absolute atomic E-state index is 13.1. The third kappa shape index (κ3) is 6.88. The van der Waals surface area contributed by atoms with Gasteiger partial charge in [-0.3, -0.25) is 9.59 Å². The summed E-state index contributed by atoms with van der Waals surface area (Å²) in [5, 5.41) is 22.1. The van der Waals surface area contributed by atoms with Crippen molar-refractivity contribution in [1.82, 2.24) is 19.9 Å². The molecule has 0 bridgehead atoms. The number of amides is 2. The number of carbonyl (C=O) groups is 2. The molecule has 2 amide bonds. The summed E-state index contributed by atoms with van der Waals surface area (Å²) in [4.78, 5) is 29.2. The van der Waals surface area contributed by atoms with E-state index in [-0.39, 0.29) is 37.2 Å². The first-order chi connectivity index (χ1) is 20.4. The molecule has 5 rings (SSSR count). The minimum absolute atomic E-state index is 0.144. The van der Waals surface area contributed by atoms with Crippen LogP contribution in [0.5, 0.6) is 5.75 Å². The summed E-state index contributed by atoms with van der Waals surface area (Å²) in [6, 6.07) is 22.1. The van der Waals surface area contributed by atoms with Gasteiger partial charge in [-0.05, 0) is 72.6 Å². The number of carbonyl (C=O) groups excluding carboxylic acids is 2. The highest BCUT2D eigenvalue weighted by molar-refractivity contribution is 5.95. The van der Waals surface area contributed by atoms with Gasteiger partial charge >= 0.3 is 0 Å². The second-order valence-corrected chi connectivity index (χ2v) is 9.33. The van der Waals surface area contributed by atoms with Crippen molar-refractivity contribution >= 4 is 34.8 Å². The molecule has 0 radical (unpaired) electrons. The van der Waals surface area contributed by atoms with Crippen LogP contribution in [0.1, 0.15) is 22.8 Å². The third-order valence-electron chi connectivity index (χ3n) is 6.30. The Hall–Kier alpha value is -5.29. The van der Waals surface area contributed by atoms with Crippen LogP contribution in [0.15, 0.2) is 85.1 Å². The van der Waals surface area contributed by atoms with Crippen molar-refractivity contribution < 1.29 is 23.8 Å². The number of hydrogen-bond donors (Lipinski definition) is 4. The van der Waals surface area contributed by atoms with Gasteiger partial charge < -0.3 is 25.8 Å². The quantitative estimate of drug-likeness (QED) is 0.184. The number of nitrogens with zero attached hydrogens (tertiary/aromatic N) is 3. The number of hydrogen-bond acceptors (Lipinski definition) is 7. The summed E-state index contributed by atoms with van der Waals surface area (Å²) < 4.78 is 20.5. The Morgan fingerprint density at radius 2 is 1.74 bits per heavy atom. The molecule has 0 saturated carbocycles. The summed E-state index contributed by atoms with van der Waals surface area (Å²) in [6.07, 6.45) is 2.01. The lowest BCUT2D eigenvalue weighted by atomic mass is 10.1. The van der Waals surface area contributed by atoms with Gasteiger partial charge in [0.25, 0.3) is 5.91 Å². The Kier molecular flexibility index (Phi) is 8.69. The number of aliphatic hydroxyl groups excluding tert-OH is 1. The first-order valence-corrected chi connectivity index (χ1v) is 13.4. The van der Waals surface area contributed by atoms with Crippen LogP contribution in [-0.2, 0) is 11.2 Å². The third-order valence-corrected chi connectivity index (χ3v) is 6.30. The van der Waals surface area contributed by atoms with E-state index in [0.717, 1.165) is 16.7 Å². The first-order valence-electron chi connectivity index (χ1n) is 13.4. The van der Waals surface area contributed by atoms with Gasteiger partial charge in [-0.15, -0.1) is 5.10 Å². The molecule has 0 aliphatic heterocycles. The van der Waals surface area contributed by atoms with E-state index in [2.05, 4.69) is 26.0 Å². The van der Waals surface area contributed by atoms with Gasteiger partial charge in [-0.1, -0.05) is 24.3 Å². The largest absolute Gasteiger partial charge is 0.492 e. The number of aromatic nitrogens is 3. The second kappa shape index (κ2) is 12.9. The van der Waals surface area contributed by atoms with Gasteiger partial charge in [-0.25, -0.2) is 8.91 Å². The molecule has 2 aromatic heterocycles. The predicted octanol–water partition coefficient (Wildman–Crippen LogP) is 4.58. The molecule has 2 heterocycles. The van der Waals surface area contributed by atoms with Gasteiger partial charge in [0.1, 0.15) is 11.6 Å². The maximum atomic E-state index is 13.1. The zero-order chi connectivity index (χ0) is 29.5. The number of nitrogens with one attached hydrogen (secondary N) is 3. The molecule has 0 spiro atoms. The molecule has 0 unspecified atom stereocenters. The number of anilines is 3. The number of fused-ring (bicyclic) bond motifs is 1. The van der Waals surface area contributed by atoms with E-state index in [1.54, 1.807) is 34.8 Å². The van der Waals surface area contributed by atoms with Gasteiger partial charge in [0.2, 0.25) is 11.9 Å². The topological polar surface area (TPSA) is 130 Å². The van der Waals surface area contributed by atoms with Gasteiger partial charge in [0, 0.05) is 29.6 Å². The Labute approximate surface area is 241 Å². The van der Waals surface area contributed by atoms with Crippen molar-refractivity contribution in [3.8, 4) is 16.9 Å². The highest BCUT2D eigenvalue weighted by Crippen LogP contribution is 2.29. The van der Waals surface area contributed by atoms with Crippen LogP contribution in [0.2, 0.25) is 0 Å². The molecule has 3 aromatic carbocycles. The minimum Gasteiger partial charge on any atom is -0.492 e. The fourth-order valence-electron chi connectivity index (χ4n) is 4.28. The van der Waals surface area contributed by atoms with Crippen LogP contribution >= 0.6 is 0 Å². The van der Waals surface area contributed by atoms with E-state index in [4.69, 9.17) is 9.84 Å². The van der Waals surface area contributed by atoms with Crippen molar-refractivity contribution in [2.24, 2.45) is 0 Å². The van der Waals surface area contributed by atoms with Crippen LogP contribution in [0, 0.1) is 5.82 Å². The summed E-state index contributed by atoms with van der Waals surface area (Å²) in [6.45, 7) is 2.26. The normalized spacial score (nSPS) is 10.8. The number of aliphatic hydroxyl groups is 1. The van der Waals surface area contributed by atoms with Gasteiger partial charge in [-0.2, -0.15) is 4.98 Å². The number of halogens is 1. The van der Waals surface area contributed by atoms with E-state index in [0.29, 0.717) is 40.9 Å². The second-order valence-electron chi connectivity index (χ2n) is 9.33. The zero-order valence-corrected chi connectivity index (χ0v) is 22.8. The van der Waals surface area contributed by atoms with Crippen molar-refractivity contribution in [2.45, 2.75) is 13.3 Å². The number of pyridine rings is 1. The SMILES string of the molecule is CCOc1cc(C(=O)NCCO)ccc1Nc1nc2ccc(-c3ccc(NC(=O)Cc4ccc(F)cc4)cc3)cn2n1. The molecule has 0 fully saturated rings. The molecule has 10 nitrogen and oxygen atoms in total. The molecule has 4 N–H and O–H groups in total. The Bertz CT molecular complexity index is 1700. The van der Waals surface area contributed by atoms with Crippen molar-refractivity contribution in [3.63, 3.8) is 0 Å². The zero-order valence-electron chi connectivity index (χ0n) is 22.8. The van der Waals surface area contributed by atoms with E-state index in [1.165, 1.54) is 12.1 Å². The molecule has 42 heavy (non-hydrogen) atoms. The predicted molar refractivity (Wildman–Crippen MR) is 157 cm³/mol. The molecular weight excluding hydrogens is 539 g/mol. The average molecular weight is 569 g/mol. The summed E-state index contributed by atoms with van der Waals surface area (Å²) in [7, 11) is 0. The molecule has 0 saturated heterocycles. The summed E-state index contributed by atoms with van der Waals surface area (Å²) in [5.41, 5.74) is 4.84. The molecule has 0 atom stereocenters. The maximum Gasteiger partial charge on any atom is 0.251 e. The first kappa shape index (κ1) is 28.2. The monoisotopic (exact) mass is 568 g/mol. The highest BCUT2D eigenvalue weighted by atomic mass is 19.1. The molecule has 0 aliphatic carbocycles. The number of benzene rings is 3. The van der Waals surface area contributed by atoms with Gasteiger partial charge in [0.05, 0.1) is 25.3 Å². The van der Waals surface area contributed by atoms with Crippen LogP contribution < -0.4 is 20.7 Å². The smallest absolute Gasteiger partial charge is 0.251 e. The average Bonchev–Trinajstić information content (AvgIpc) is 3.40. The van der Waals surface area contributed by atoms with E-state index >= 15 is 0 Å². The minimum atomic E-state index is -0.338. The van der Waals surface area contributed by atoms with E-state index in [9.17, 15) is 14.0 Å². The lowest BCUT2D eigenvalue weighted by Crippen LogP contribution is -2.26. The summed E-state index contributed by atoms with van der Waals surface area (Å²) in [5.74, 6) is -0.0145. The fourth-order valence-corrected chi connectivity index (χ4v) is 4.28. The van der Waals surface area contributed by atoms with Crippen molar-refractivity contribution in [3.05, 3.63) is 102 Å². The Morgan fingerprint density at radius 3 is 2.48 bits per heavy atom. The Morgan fingerprint density at radius 1 is 0.976 bits per heavy atom. The number of rotatable bonds is 11. The lowest BCUT2D eigenvalue weighted by Gasteiger charge is -2.12. The van der Waals surface area contributed by atoms with Crippen LogP contribution in [-0.4, -0.2) is 51.3 Å². The molecule has 214 valence electrons. The van der Waals surface area contributed by atoms with Crippen molar-refractivity contribution in [1.29, 1.82) is 0 Å². The van der Waals surface area contributed by atoms with Crippen molar-refractivity contribution in [2.75, 3.05) is 30.4 Å². The van der Waals surface area contributed by atoms with Crippen LogP contribution in [0.25, 0.3) is 16.8 Å². The van der Waals surface area contributed by atoms with E-state index in [1.807, 2.05) is 49.5 Å². The van der Waals surface area contributed by atoms with E-state index < -0.39 is 0 Å². The Balaban J connectivity index is 1.27. The fraction of sp³-hybridized carbons (Fsp3) is 0.161. The standard InChI is InChI=1S/C31H29FN6O4/c1-2-42-27-18-22(30(41)33-15-16-39)7-13-26(27)35-31-36-28-14-8-23(19-38(28)37-31)21-5-11-25(12-6-21)34-29(40)17-20-3-9-24(32)10-4-20/h3-14,18-19,39H,2,15-17H2,1H3,(H,33,41)(H,34,40)(H,35,37). The lowest BCUT2D eigenvalue weighted by molar-refractivity contribution is -0.115. The van der Waals surface area contributed by atoms with Gasteiger partial charge in [0.15, 0.2) is 5.65 Å². The summed E-state index contributed by atoms with van der Waals surface area (Å²) >= 11 is 0. The highest BCUT2D eigenvalue weighted by Gasteiger charge is 2.13. The number of ether oxygens (including phenoxy) is 1. The molecular formula is C31H29FN6O4. The van der Waals surface area contributed by atoms with Crippen LogP contribution in [0.3, 0.4) is 0 Å². The molecule has 0 aliphatic rings. The molecule has 5 aromatic rings. The van der Waals surface area contributed by atoms with Crippen LogP contribution in [0.4, 0.5) is 21.7 Å². The molecule has 11 heteroatoms.